The summed E-state index contributed by atoms with van der Waals surface area (Å²) in [6, 6.07) is -0.399. The second kappa shape index (κ2) is 7.22. The van der Waals surface area contributed by atoms with E-state index in [0.29, 0.717) is 13.0 Å². The number of rotatable bonds is 6. The van der Waals surface area contributed by atoms with Crippen molar-refractivity contribution < 1.29 is 14.4 Å². The van der Waals surface area contributed by atoms with Gasteiger partial charge >= 0.3 is 5.97 Å². The molecule has 0 aromatic rings. The summed E-state index contributed by atoms with van der Waals surface area (Å²) in [5.41, 5.74) is 5.59. The summed E-state index contributed by atoms with van der Waals surface area (Å²) < 4.78 is 4.99. The van der Waals surface area contributed by atoms with Crippen molar-refractivity contribution in [1.82, 2.24) is 0 Å². The SMILES string of the molecule is CCCCCCCC(=O)OC1=NOC[C@H]1N. The highest BCUT2D eigenvalue weighted by Gasteiger charge is 2.23. The molecule has 1 aliphatic heterocycles. The molecular weight excluding hydrogens is 208 g/mol. The van der Waals surface area contributed by atoms with Crippen LogP contribution in [0, 0.1) is 0 Å². The smallest absolute Gasteiger partial charge is 0.312 e. The number of nitrogens with two attached hydrogens (primary N) is 1. The fourth-order valence-corrected chi connectivity index (χ4v) is 1.46. The number of esters is 1. The first-order valence-electron chi connectivity index (χ1n) is 5.90. The summed E-state index contributed by atoms with van der Waals surface area (Å²) in [7, 11) is 0. The average molecular weight is 228 g/mol. The quantitative estimate of drug-likeness (QED) is 0.553. The molecule has 0 saturated carbocycles. The molecule has 0 aliphatic carbocycles. The minimum absolute atomic E-state index is 0.207. The van der Waals surface area contributed by atoms with Gasteiger partial charge in [0.1, 0.15) is 12.6 Å². The van der Waals surface area contributed by atoms with E-state index in [4.69, 9.17) is 15.3 Å². The maximum Gasteiger partial charge on any atom is 0.312 e. The predicted octanol–water partition coefficient (Wildman–Crippen LogP) is 1.56. The Kier molecular flexibility index (Phi) is 5.85. The van der Waals surface area contributed by atoms with Crippen LogP contribution in [0.5, 0.6) is 0 Å². The Balaban J connectivity index is 2.07. The van der Waals surface area contributed by atoms with Gasteiger partial charge in [0.2, 0.25) is 0 Å². The molecule has 5 nitrogen and oxygen atoms in total. The highest BCUT2D eigenvalue weighted by Crippen LogP contribution is 2.07. The van der Waals surface area contributed by atoms with Crippen LogP contribution in [0.2, 0.25) is 0 Å². The van der Waals surface area contributed by atoms with Crippen molar-refractivity contribution in [3.05, 3.63) is 0 Å². The summed E-state index contributed by atoms with van der Waals surface area (Å²) in [6.45, 7) is 2.45. The normalized spacial score (nSPS) is 19.1. The number of oxime groups is 1. The van der Waals surface area contributed by atoms with Gasteiger partial charge in [-0.05, 0) is 11.6 Å². The van der Waals surface area contributed by atoms with Gasteiger partial charge in [0.25, 0.3) is 5.90 Å². The first kappa shape index (κ1) is 13.0. The van der Waals surface area contributed by atoms with E-state index in [1.54, 1.807) is 0 Å². The lowest BCUT2D eigenvalue weighted by atomic mass is 10.1. The molecule has 1 rings (SSSR count). The Labute approximate surface area is 96.0 Å². The van der Waals surface area contributed by atoms with Crippen LogP contribution in [0.15, 0.2) is 5.16 Å². The number of carbonyl (C=O) groups is 1. The van der Waals surface area contributed by atoms with Gasteiger partial charge in [0, 0.05) is 6.42 Å². The van der Waals surface area contributed by atoms with Crippen molar-refractivity contribution in [2.24, 2.45) is 10.9 Å². The largest absolute Gasteiger partial charge is 0.406 e. The van der Waals surface area contributed by atoms with E-state index >= 15 is 0 Å². The third-order valence-electron chi connectivity index (χ3n) is 2.43. The van der Waals surface area contributed by atoms with Crippen molar-refractivity contribution in [2.75, 3.05) is 6.61 Å². The standard InChI is InChI=1S/C11H20N2O3/c1-2-3-4-5-6-7-10(14)16-11-9(12)8-15-13-11/h9H,2-8,12H2,1H3/t9-/m1/s1. The van der Waals surface area contributed by atoms with Crippen molar-refractivity contribution in [1.29, 1.82) is 0 Å². The topological polar surface area (TPSA) is 73.9 Å². The Morgan fingerprint density at radius 3 is 2.88 bits per heavy atom. The van der Waals surface area contributed by atoms with E-state index in [-0.39, 0.29) is 11.9 Å². The van der Waals surface area contributed by atoms with Gasteiger partial charge < -0.3 is 15.3 Å². The second-order valence-corrected chi connectivity index (χ2v) is 3.97. The molecule has 1 atom stereocenters. The number of carbonyl (C=O) groups excluding carboxylic acids is 1. The Morgan fingerprint density at radius 2 is 2.25 bits per heavy atom. The molecule has 2 N–H and O–H groups in total. The van der Waals surface area contributed by atoms with E-state index < -0.39 is 6.04 Å². The summed E-state index contributed by atoms with van der Waals surface area (Å²) >= 11 is 0. The van der Waals surface area contributed by atoms with E-state index in [1.165, 1.54) is 19.3 Å². The lowest BCUT2D eigenvalue weighted by Gasteiger charge is -2.05. The highest BCUT2D eigenvalue weighted by molar-refractivity contribution is 5.92. The van der Waals surface area contributed by atoms with Crippen LogP contribution in [-0.2, 0) is 14.4 Å². The fraction of sp³-hybridized carbons (Fsp3) is 0.818. The van der Waals surface area contributed by atoms with Crippen LogP contribution in [-0.4, -0.2) is 24.5 Å². The zero-order chi connectivity index (χ0) is 11.8. The molecule has 0 spiro atoms. The maximum absolute atomic E-state index is 11.4. The van der Waals surface area contributed by atoms with E-state index in [2.05, 4.69) is 12.1 Å². The van der Waals surface area contributed by atoms with E-state index in [1.807, 2.05) is 0 Å². The van der Waals surface area contributed by atoms with Crippen LogP contribution < -0.4 is 5.73 Å². The Bertz CT molecular complexity index is 254. The van der Waals surface area contributed by atoms with Crippen LogP contribution in [0.25, 0.3) is 0 Å². The molecule has 92 valence electrons. The van der Waals surface area contributed by atoms with E-state index in [9.17, 15) is 4.79 Å². The number of unbranched alkanes of at least 4 members (excludes halogenated alkanes) is 4. The van der Waals surface area contributed by atoms with Crippen molar-refractivity contribution in [3.63, 3.8) is 0 Å². The molecule has 0 radical (unpaired) electrons. The van der Waals surface area contributed by atoms with Gasteiger partial charge in [0.15, 0.2) is 0 Å². The molecule has 1 aliphatic rings. The molecule has 0 aromatic carbocycles. The van der Waals surface area contributed by atoms with Crippen LogP contribution in [0.4, 0.5) is 0 Å². The maximum atomic E-state index is 11.4. The van der Waals surface area contributed by atoms with Crippen LogP contribution in [0.3, 0.4) is 0 Å². The predicted molar refractivity (Wildman–Crippen MR) is 60.8 cm³/mol. The van der Waals surface area contributed by atoms with Gasteiger partial charge in [-0.3, -0.25) is 4.79 Å². The zero-order valence-electron chi connectivity index (χ0n) is 9.78. The van der Waals surface area contributed by atoms with Gasteiger partial charge in [0.05, 0.1) is 0 Å². The number of hydrogen-bond donors (Lipinski definition) is 1. The molecule has 0 unspecified atom stereocenters. The first-order valence-corrected chi connectivity index (χ1v) is 5.90. The van der Waals surface area contributed by atoms with Gasteiger partial charge in [-0.15, -0.1) is 0 Å². The molecule has 0 amide bonds. The lowest BCUT2D eigenvalue weighted by Crippen LogP contribution is -2.33. The molecule has 5 heteroatoms. The summed E-state index contributed by atoms with van der Waals surface area (Å²) in [6.07, 6.45) is 5.96. The number of nitrogens with zero attached hydrogens (tertiary/aromatic N) is 1. The van der Waals surface area contributed by atoms with Crippen molar-refractivity contribution >= 4 is 11.9 Å². The number of hydrogen-bond acceptors (Lipinski definition) is 5. The van der Waals surface area contributed by atoms with Crippen LogP contribution >= 0.6 is 0 Å². The number of ether oxygens (including phenoxy) is 1. The molecular formula is C11H20N2O3. The highest BCUT2D eigenvalue weighted by atomic mass is 16.7. The lowest BCUT2D eigenvalue weighted by molar-refractivity contribution is -0.135. The Hall–Kier alpha value is -1.10. The minimum Gasteiger partial charge on any atom is -0.406 e. The van der Waals surface area contributed by atoms with Crippen LogP contribution in [0.1, 0.15) is 45.4 Å². The van der Waals surface area contributed by atoms with E-state index in [0.717, 1.165) is 12.8 Å². The van der Waals surface area contributed by atoms with Gasteiger partial charge in [-0.2, -0.15) is 0 Å². The molecule has 1 heterocycles. The van der Waals surface area contributed by atoms with Crippen molar-refractivity contribution in [2.45, 2.75) is 51.5 Å². The fourth-order valence-electron chi connectivity index (χ4n) is 1.46. The average Bonchev–Trinajstić information content (AvgIpc) is 2.64. The second-order valence-electron chi connectivity index (χ2n) is 3.97. The third kappa shape index (κ3) is 4.61. The van der Waals surface area contributed by atoms with Crippen molar-refractivity contribution in [3.8, 4) is 0 Å². The molecule has 0 bridgehead atoms. The molecule has 0 aromatic heterocycles. The summed E-state index contributed by atoms with van der Waals surface area (Å²) in [5, 5.41) is 3.56. The Morgan fingerprint density at radius 1 is 1.50 bits per heavy atom. The summed E-state index contributed by atoms with van der Waals surface area (Å²) in [4.78, 5) is 16.1. The molecule has 0 saturated heterocycles. The third-order valence-corrected chi connectivity index (χ3v) is 2.43. The first-order chi connectivity index (χ1) is 7.74. The van der Waals surface area contributed by atoms with Gasteiger partial charge in [-0.25, -0.2) is 0 Å². The van der Waals surface area contributed by atoms with Gasteiger partial charge in [-0.1, -0.05) is 32.6 Å². The molecule has 16 heavy (non-hydrogen) atoms. The summed E-state index contributed by atoms with van der Waals surface area (Å²) in [5.74, 6) is -0.0604. The minimum atomic E-state index is -0.399. The monoisotopic (exact) mass is 228 g/mol. The zero-order valence-corrected chi connectivity index (χ0v) is 9.78. The molecule has 0 fully saturated rings.